The summed E-state index contributed by atoms with van der Waals surface area (Å²) in [5, 5.41) is 11.9. The molecule has 0 spiro atoms. The second-order valence-corrected chi connectivity index (χ2v) is 5.71. The first kappa shape index (κ1) is 15.0. The normalized spacial score (nSPS) is 11.2. The van der Waals surface area contributed by atoms with Gasteiger partial charge in [-0.1, -0.05) is 13.8 Å². The van der Waals surface area contributed by atoms with Crippen LogP contribution in [-0.2, 0) is 0 Å². The highest BCUT2D eigenvalue weighted by molar-refractivity contribution is 9.10. The third kappa shape index (κ3) is 3.99. The summed E-state index contributed by atoms with van der Waals surface area (Å²) < 4.78 is 5.83. The van der Waals surface area contributed by atoms with Crippen molar-refractivity contribution in [2.75, 3.05) is 20.3 Å². The molecule has 0 atom stereocenters. The molecule has 0 saturated heterocycles. The summed E-state index contributed by atoms with van der Waals surface area (Å²) in [6, 6.07) is 5.14. The van der Waals surface area contributed by atoms with Crippen LogP contribution >= 0.6 is 15.9 Å². The van der Waals surface area contributed by atoms with Crippen LogP contribution in [0.4, 0.5) is 0 Å². The Labute approximate surface area is 115 Å². The summed E-state index contributed by atoms with van der Waals surface area (Å²) in [5.41, 5.74) is 0.232. The average molecular weight is 316 g/mol. The first-order chi connectivity index (χ1) is 8.39. The van der Waals surface area contributed by atoms with Gasteiger partial charge in [-0.3, -0.25) is 4.79 Å². The summed E-state index contributed by atoms with van der Waals surface area (Å²) in [6.07, 6.45) is 0. The van der Waals surface area contributed by atoms with E-state index in [4.69, 9.17) is 9.84 Å². The van der Waals surface area contributed by atoms with Gasteiger partial charge >= 0.3 is 0 Å². The van der Waals surface area contributed by atoms with Crippen LogP contribution in [0.25, 0.3) is 0 Å². The van der Waals surface area contributed by atoms with Crippen LogP contribution in [0.5, 0.6) is 5.75 Å². The van der Waals surface area contributed by atoms with Gasteiger partial charge in [0.1, 0.15) is 5.75 Å². The van der Waals surface area contributed by atoms with E-state index in [0.717, 1.165) is 4.47 Å². The van der Waals surface area contributed by atoms with E-state index in [2.05, 4.69) is 21.2 Å². The van der Waals surface area contributed by atoms with E-state index in [1.807, 2.05) is 13.8 Å². The van der Waals surface area contributed by atoms with E-state index >= 15 is 0 Å². The van der Waals surface area contributed by atoms with Crippen molar-refractivity contribution in [2.24, 2.45) is 5.41 Å². The number of methoxy groups -OCH3 is 1. The van der Waals surface area contributed by atoms with Crippen molar-refractivity contribution in [1.29, 1.82) is 0 Å². The highest BCUT2D eigenvalue weighted by Gasteiger charge is 2.18. The predicted molar refractivity (Wildman–Crippen MR) is 73.9 cm³/mol. The van der Waals surface area contributed by atoms with Crippen molar-refractivity contribution in [2.45, 2.75) is 13.8 Å². The first-order valence-corrected chi connectivity index (χ1v) is 6.41. The number of hydrogen-bond acceptors (Lipinski definition) is 3. The Kier molecular flexibility index (Phi) is 5.16. The van der Waals surface area contributed by atoms with Crippen molar-refractivity contribution in [3.05, 3.63) is 28.2 Å². The minimum Gasteiger partial charge on any atom is -0.496 e. The molecule has 0 aliphatic carbocycles. The standard InChI is InChI=1S/C13H18BrNO3/c1-13(2,8-16)7-15-12(17)9-4-5-11(18-3)10(14)6-9/h4-6,16H,7-8H2,1-3H3,(H,15,17). The number of aliphatic hydroxyl groups is 1. The van der Waals surface area contributed by atoms with Gasteiger partial charge in [-0.15, -0.1) is 0 Å². The van der Waals surface area contributed by atoms with Crippen LogP contribution in [0, 0.1) is 5.41 Å². The Hall–Kier alpha value is -1.07. The van der Waals surface area contributed by atoms with Crippen molar-refractivity contribution in [3.63, 3.8) is 0 Å². The zero-order valence-corrected chi connectivity index (χ0v) is 12.4. The lowest BCUT2D eigenvalue weighted by atomic mass is 9.95. The number of amides is 1. The third-order valence-electron chi connectivity index (χ3n) is 2.57. The summed E-state index contributed by atoms with van der Waals surface area (Å²) in [5.74, 6) is 0.516. The molecule has 1 rings (SSSR count). The van der Waals surface area contributed by atoms with Crippen molar-refractivity contribution in [3.8, 4) is 5.75 Å². The largest absolute Gasteiger partial charge is 0.496 e. The van der Waals surface area contributed by atoms with Crippen molar-refractivity contribution < 1.29 is 14.6 Å². The number of hydrogen-bond donors (Lipinski definition) is 2. The lowest BCUT2D eigenvalue weighted by Crippen LogP contribution is -2.36. The monoisotopic (exact) mass is 315 g/mol. The number of ether oxygens (including phenoxy) is 1. The molecule has 0 saturated carbocycles. The maximum absolute atomic E-state index is 11.9. The second-order valence-electron chi connectivity index (χ2n) is 4.85. The van der Waals surface area contributed by atoms with Gasteiger partial charge in [0.05, 0.1) is 11.6 Å². The molecule has 0 aromatic heterocycles. The highest BCUT2D eigenvalue weighted by atomic mass is 79.9. The maximum atomic E-state index is 11.9. The molecule has 0 aliphatic heterocycles. The smallest absolute Gasteiger partial charge is 0.251 e. The molecule has 1 amide bonds. The number of benzene rings is 1. The van der Waals surface area contributed by atoms with Crippen LogP contribution in [0.1, 0.15) is 24.2 Å². The molecule has 1 aromatic rings. The Bertz CT molecular complexity index is 432. The van der Waals surface area contributed by atoms with Gasteiger partial charge in [-0.05, 0) is 34.1 Å². The van der Waals surface area contributed by atoms with E-state index in [1.54, 1.807) is 25.3 Å². The highest BCUT2D eigenvalue weighted by Crippen LogP contribution is 2.25. The predicted octanol–water partition coefficient (Wildman–Crippen LogP) is 2.21. The van der Waals surface area contributed by atoms with E-state index < -0.39 is 0 Å². The molecule has 0 heterocycles. The lowest BCUT2D eigenvalue weighted by Gasteiger charge is -2.21. The van der Waals surface area contributed by atoms with Gasteiger partial charge in [0.2, 0.25) is 0 Å². The Balaban J connectivity index is 2.71. The van der Waals surface area contributed by atoms with E-state index in [1.165, 1.54) is 0 Å². The SMILES string of the molecule is COc1ccc(C(=O)NCC(C)(C)CO)cc1Br. The molecule has 18 heavy (non-hydrogen) atoms. The second kappa shape index (κ2) is 6.20. The summed E-state index contributed by atoms with van der Waals surface area (Å²) in [6.45, 7) is 4.22. The molecule has 1 aromatic carbocycles. The molecule has 100 valence electrons. The summed E-state index contributed by atoms with van der Waals surface area (Å²) >= 11 is 3.33. The number of rotatable bonds is 5. The number of nitrogens with one attached hydrogen (secondary N) is 1. The van der Waals surface area contributed by atoms with E-state index in [-0.39, 0.29) is 17.9 Å². The number of carbonyl (C=O) groups is 1. The van der Waals surface area contributed by atoms with E-state index in [9.17, 15) is 4.79 Å². The van der Waals surface area contributed by atoms with Gasteiger partial charge < -0.3 is 15.2 Å². The number of carbonyl (C=O) groups excluding carboxylic acids is 1. The molecule has 0 bridgehead atoms. The van der Waals surface area contributed by atoms with Gasteiger partial charge in [-0.2, -0.15) is 0 Å². The molecule has 4 nitrogen and oxygen atoms in total. The van der Waals surface area contributed by atoms with E-state index in [0.29, 0.717) is 17.9 Å². The lowest BCUT2D eigenvalue weighted by molar-refractivity contribution is 0.0911. The molecule has 0 fully saturated rings. The topological polar surface area (TPSA) is 58.6 Å². The molecule has 2 N–H and O–H groups in total. The van der Waals surface area contributed by atoms with Gasteiger partial charge in [-0.25, -0.2) is 0 Å². The molecular weight excluding hydrogens is 298 g/mol. The average Bonchev–Trinajstić information content (AvgIpc) is 2.36. The summed E-state index contributed by atoms with van der Waals surface area (Å²) in [7, 11) is 1.57. The zero-order valence-electron chi connectivity index (χ0n) is 10.8. The van der Waals surface area contributed by atoms with Crippen LogP contribution < -0.4 is 10.1 Å². The Morgan fingerprint density at radius 3 is 2.67 bits per heavy atom. The van der Waals surface area contributed by atoms with Crippen LogP contribution in [0.2, 0.25) is 0 Å². The van der Waals surface area contributed by atoms with Crippen LogP contribution in [0.15, 0.2) is 22.7 Å². The zero-order chi connectivity index (χ0) is 13.8. The molecule has 5 heteroatoms. The fraction of sp³-hybridized carbons (Fsp3) is 0.462. The summed E-state index contributed by atoms with van der Waals surface area (Å²) in [4.78, 5) is 11.9. The quantitative estimate of drug-likeness (QED) is 0.875. The van der Waals surface area contributed by atoms with Gasteiger partial charge in [0, 0.05) is 24.1 Å². The first-order valence-electron chi connectivity index (χ1n) is 5.62. The van der Waals surface area contributed by atoms with Crippen LogP contribution in [0.3, 0.4) is 0 Å². The molecule has 0 unspecified atom stereocenters. The van der Waals surface area contributed by atoms with Crippen LogP contribution in [-0.4, -0.2) is 31.3 Å². The minimum absolute atomic E-state index is 0.0274. The number of halogens is 1. The number of aliphatic hydroxyl groups excluding tert-OH is 1. The minimum atomic E-state index is -0.320. The third-order valence-corrected chi connectivity index (χ3v) is 3.19. The van der Waals surface area contributed by atoms with Gasteiger partial charge in [0.15, 0.2) is 0 Å². The Morgan fingerprint density at radius 2 is 2.17 bits per heavy atom. The molecule has 0 radical (unpaired) electrons. The molecular formula is C13H18BrNO3. The van der Waals surface area contributed by atoms with Crippen molar-refractivity contribution >= 4 is 21.8 Å². The maximum Gasteiger partial charge on any atom is 0.251 e. The fourth-order valence-corrected chi connectivity index (χ4v) is 1.83. The fourth-order valence-electron chi connectivity index (χ4n) is 1.29. The Morgan fingerprint density at radius 1 is 1.50 bits per heavy atom. The van der Waals surface area contributed by atoms with Crippen molar-refractivity contribution in [1.82, 2.24) is 5.32 Å². The molecule has 0 aliphatic rings. The van der Waals surface area contributed by atoms with Gasteiger partial charge in [0.25, 0.3) is 5.91 Å².